The lowest BCUT2D eigenvalue weighted by atomic mass is 10.1. The largest absolute Gasteiger partial charge is 0.508 e. The second-order valence-corrected chi connectivity index (χ2v) is 8.17. The number of aromatic hydroxyl groups is 1. The highest BCUT2D eigenvalue weighted by Gasteiger charge is 2.33. The summed E-state index contributed by atoms with van der Waals surface area (Å²) in [6.07, 6.45) is -4.72. The first kappa shape index (κ1) is 28.5. The summed E-state index contributed by atoms with van der Waals surface area (Å²) in [7, 11) is 0. The molecule has 3 rings (SSSR count). The molecule has 13 heteroatoms. The summed E-state index contributed by atoms with van der Waals surface area (Å²) < 4.78 is 39.3. The number of urea groups is 1. The lowest BCUT2D eigenvalue weighted by molar-refractivity contribution is -0.139. The molecular weight excluding hydrogens is 521 g/mol. The summed E-state index contributed by atoms with van der Waals surface area (Å²) in [5.74, 6) is -2.71. The van der Waals surface area contributed by atoms with Crippen LogP contribution in [0.15, 0.2) is 72.8 Å². The normalized spacial score (nSPS) is 11.7. The third kappa shape index (κ3) is 8.21. The fourth-order valence-corrected chi connectivity index (χ4v) is 3.37. The number of alkyl halides is 3. The minimum Gasteiger partial charge on any atom is -0.508 e. The predicted molar refractivity (Wildman–Crippen MR) is 133 cm³/mol. The number of nitrogens with one attached hydrogen (secondary N) is 4. The van der Waals surface area contributed by atoms with Gasteiger partial charge in [0.25, 0.3) is 11.8 Å². The Morgan fingerprint density at radius 3 is 2.08 bits per heavy atom. The van der Waals surface area contributed by atoms with Gasteiger partial charge in [-0.3, -0.25) is 9.59 Å². The molecular formula is C26H23F3N4O6. The van der Waals surface area contributed by atoms with Crippen molar-refractivity contribution in [3.63, 3.8) is 0 Å². The van der Waals surface area contributed by atoms with Gasteiger partial charge < -0.3 is 31.5 Å². The Hall–Kier alpha value is -5.07. The van der Waals surface area contributed by atoms with Crippen molar-refractivity contribution in [2.75, 3.05) is 11.9 Å². The molecule has 3 aromatic rings. The summed E-state index contributed by atoms with van der Waals surface area (Å²) in [5.41, 5.74) is -0.691. The third-order valence-electron chi connectivity index (χ3n) is 5.32. The van der Waals surface area contributed by atoms with Crippen molar-refractivity contribution in [1.82, 2.24) is 16.0 Å². The SMILES string of the molecule is O=C(NCC(NC(=O)c1ccc(C(=O)NCc2cccc(O)c2)cc1)C(=O)O)Nc1ccccc1C(F)(F)F. The monoisotopic (exact) mass is 544 g/mol. The van der Waals surface area contributed by atoms with E-state index in [2.05, 4.69) is 16.0 Å². The van der Waals surface area contributed by atoms with Crippen LogP contribution in [-0.2, 0) is 17.5 Å². The number of amides is 4. The number of aliphatic carboxylic acids is 1. The van der Waals surface area contributed by atoms with E-state index in [1.807, 2.05) is 5.32 Å². The summed E-state index contributed by atoms with van der Waals surface area (Å²) >= 11 is 0. The van der Waals surface area contributed by atoms with Crippen molar-refractivity contribution in [2.45, 2.75) is 18.8 Å². The highest BCUT2D eigenvalue weighted by Crippen LogP contribution is 2.34. The second kappa shape index (κ2) is 12.4. The number of benzene rings is 3. The number of phenols is 1. The predicted octanol–water partition coefficient (Wildman–Crippen LogP) is 3.35. The molecule has 4 amide bonds. The van der Waals surface area contributed by atoms with Crippen LogP contribution in [0.25, 0.3) is 0 Å². The molecule has 0 aliphatic heterocycles. The van der Waals surface area contributed by atoms with Gasteiger partial charge in [-0.15, -0.1) is 0 Å². The summed E-state index contributed by atoms with van der Waals surface area (Å²) in [6, 6.07) is 13.2. The lowest BCUT2D eigenvalue weighted by Gasteiger charge is -2.17. The number of carbonyl (C=O) groups is 4. The molecule has 0 aliphatic rings. The zero-order chi connectivity index (χ0) is 28.6. The summed E-state index contributed by atoms with van der Waals surface area (Å²) in [4.78, 5) is 48.5. The van der Waals surface area contributed by atoms with Crippen LogP contribution in [0.4, 0.5) is 23.7 Å². The Morgan fingerprint density at radius 1 is 0.821 bits per heavy atom. The summed E-state index contributed by atoms with van der Waals surface area (Å²) in [6.45, 7) is -0.477. The van der Waals surface area contributed by atoms with Crippen molar-refractivity contribution in [3.05, 3.63) is 95.1 Å². The smallest absolute Gasteiger partial charge is 0.418 e. The zero-order valence-corrected chi connectivity index (χ0v) is 20.1. The van der Waals surface area contributed by atoms with E-state index in [1.54, 1.807) is 12.1 Å². The van der Waals surface area contributed by atoms with Gasteiger partial charge in [0.05, 0.1) is 17.8 Å². The molecule has 0 radical (unpaired) electrons. The van der Waals surface area contributed by atoms with Gasteiger partial charge in [0.15, 0.2) is 0 Å². The van der Waals surface area contributed by atoms with E-state index in [1.165, 1.54) is 42.5 Å². The Kier molecular flexibility index (Phi) is 9.10. The van der Waals surface area contributed by atoms with Crippen LogP contribution in [0.3, 0.4) is 0 Å². The Labute approximate surface area is 219 Å². The van der Waals surface area contributed by atoms with Gasteiger partial charge in [-0.2, -0.15) is 13.2 Å². The first-order valence-electron chi connectivity index (χ1n) is 11.3. The Bertz CT molecular complexity index is 1360. The van der Waals surface area contributed by atoms with Gasteiger partial charge in [0.2, 0.25) is 0 Å². The lowest BCUT2D eigenvalue weighted by Crippen LogP contribution is -2.49. The zero-order valence-electron chi connectivity index (χ0n) is 20.1. The van der Waals surface area contributed by atoms with E-state index >= 15 is 0 Å². The molecule has 0 bridgehead atoms. The number of halogens is 3. The number of para-hydroxylation sites is 1. The van der Waals surface area contributed by atoms with E-state index in [0.717, 1.165) is 18.2 Å². The quantitative estimate of drug-likeness (QED) is 0.243. The molecule has 39 heavy (non-hydrogen) atoms. The maximum absolute atomic E-state index is 13.1. The average molecular weight is 544 g/mol. The van der Waals surface area contributed by atoms with Crippen molar-refractivity contribution >= 4 is 29.5 Å². The van der Waals surface area contributed by atoms with Crippen LogP contribution < -0.4 is 21.3 Å². The molecule has 6 N–H and O–H groups in total. The van der Waals surface area contributed by atoms with Crippen LogP contribution >= 0.6 is 0 Å². The molecule has 0 fully saturated rings. The molecule has 0 aliphatic carbocycles. The molecule has 1 atom stereocenters. The number of phenolic OH excluding ortho intramolecular Hbond substituents is 1. The van der Waals surface area contributed by atoms with Crippen molar-refractivity contribution in [2.24, 2.45) is 0 Å². The molecule has 0 saturated heterocycles. The fraction of sp³-hybridized carbons (Fsp3) is 0.154. The number of carboxylic acid groups (broad SMARTS) is 1. The van der Waals surface area contributed by atoms with Gasteiger partial charge in [-0.1, -0.05) is 24.3 Å². The molecule has 0 aromatic heterocycles. The van der Waals surface area contributed by atoms with Crippen LogP contribution in [0.1, 0.15) is 31.8 Å². The molecule has 10 nitrogen and oxygen atoms in total. The van der Waals surface area contributed by atoms with E-state index in [0.29, 0.717) is 5.56 Å². The van der Waals surface area contributed by atoms with Crippen LogP contribution in [-0.4, -0.2) is 46.6 Å². The molecule has 0 heterocycles. The van der Waals surface area contributed by atoms with Gasteiger partial charge in [0, 0.05) is 17.7 Å². The van der Waals surface area contributed by atoms with Crippen LogP contribution in [0.5, 0.6) is 5.75 Å². The van der Waals surface area contributed by atoms with E-state index < -0.39 is 53.8 Å². The number of hydrogen-bond donors (Lipinski definition) is 6. The number of hydrogen-bond acceptors (Lipinski definition) is 5. The highest BCUT2D eigenvalue weighted by molar-refractivity contribution is 5.99. The number of carboxylic acids is 1. The van der Waals surface area contributed by atoms with Gasteiger partial charge in [0.1, 0.15) is 11.8 Å². The van der Waals surface area contributed by atoms with Crippen LogP contribution in [0.2, 0.25) is 0 Å². The molecule has 0 saturated carbocycles. The maximum Gasteiger partial charge on any atom is 0.418 e. The van der Waals surface area contributed by atoms with E-state index in [9.17, 15) is 42.6 Å². The van der Waals surface area contributed by atoms with E-state index in [4.69, 9.17) is 0 Å². The van der Waals surface area contributed by atoms with Crippen molar-refractivity contribution < 1.29 is 42.6 Å². The molecule has 204 valence electrons. The number of carbonyl (C=O) groups excluding carboxylic acids is 3. The average Bonchev–Trinajstić information content (AvgIpc) is 2.89. The Morgan fingerprint density at radius 2 is 1.46 bits per heavy atom. The second-order valence-electron chi connectivity index (χ2n) is 8.17. The number of anilines is 1. The maximum atomic E-state index is 13.1. The first-order chi connectivity index (χ1) is 18.4. The minimum atomic E-state index is -4.72. The van der Waals surface area contributed by atoms with Gasteiger partial charge in [-0.25, -0.2) is 9.59 Å². The molecule has 3 aromatic carbocycles. The highest BCUT2D eigenvalue weighted by atomic mass is 19.4. The van der Waals surface area contributed by atoms with Gasteiger partial charge in [-0.05, 0) is 54.1 Å². The summed E-state index contributed by atoms with van der Waals surface area (Å²) in [5, 5.41) is 27.9. The number of rotatable bonds is 9. The minimum absolute atomic E-state index is 0.0225. The standard InChI is InChI=1S/C26H23F3N4O6/c27-26(28,29)19-6-1-2-7-20(19)33-25(39)31-14-21(24(37)38)32-23(36)17-10-8-16(9-11-17)22(35)30-13-15-4-3-5-18(34)12-15/h1-12,21,34H,13-14H2,(H,30,35)(H,32,36)(H,37,38)(H2,31,33,39). The fourth-order valence-electron chi connectivity index (χ4n) is 3.37. The Balaban J connectivity index is 1.55. The first-order valence-corrected chi connectivity index (χ1v) is 11.3. The molecule has 0 spiro atoms. The topological polar surface area (TPSA) is 157 Å². The third-order valence-corrected chi connectivity index (χ3v) is 5.32. The van der Waals surface area contributed by atoms with Gasteiger partial charge >= 0.3 is 18.2 Å². The van der Waals surface area contributed by atoms with Crippen molar-refractivity contribution in [1.29, 1.82) is 0 Å². The molecule has 1 unspecified atom stereocenters. The van der Waals surface area contributed by atoms with Crippen LogP contribution in [0, 0.1) is 0 Å². The van der Waals surface area contributed by atoms with Crippen molar-refractivity contribution in [3.8, 4) is 5.75 Å². The van der Waals surface area contributed by atoms with E-state index in [-0.39, 0.29) is 23.4 Å².